The molecule has 2 unspecified atom stereocenters. The topological polar surface area (TPSA) is 52.0 Å². The first-order valence-corrected chi connectivity index (χ1v) is 4.64. The number of nitrogens with two attached hydrogens (primary N) is 2. The molecule has 0 saturated heterocycles. The zero-order chi connectivity index (χ0) is 6.91. The Morgan fingerprint density at radius 2 is 2.44 bits per heavy atom. The van der Waals surface area contributed by atoms with Crippen molar-refractivity contribution in [1.29, 1.82) is 0 Å². The van der Waals surface area contributed by atoms with Crippen molar-refractivity contribution in [3.05, 3.63) is 11.5 Å². The van der Waals surface area contributed by atoms with Gasteiger partial charge in [0.2, 0.25) is 0 Å². The zero-order valence-corrected chi connectivity index (χ0v) is 7.85. The van der Waals surface area contributed by atoms with E-state index in [4.69, 9.17) is 11.5 Å². The molecule has 1 aliphatic rings. The molecule has 2 nitrogen and oxygen atoms in total. The minimum Gasteiger partial charge on any atom is -0.324 e. The van der Waals surface area contributed by atoms with Crippen LogP contribution in [0.2, 0.25) is 0 Å². The van der Waals surface area contributed by atoms with Crippen LogP contribution in [0.1, 0.15) is 6.42 Å². The standard InChI is InChI=1S/C5H9IN2S/c6-5(8)3-4(7)1-2-9-5/h1-2,4H,3,7-8H2. The predicted molar refractivity (Wildman–Crippen MR) is 50.3 cm³/mol. The van der Waals surface area contributed by atoms with E-state index in [-0.39, 0.29) is 8.92 Å². The second-order valence-corrected chi connectivity index (χ2v) is 5.99. The highest BCUT2D eigenvalue weighted by molar-refractivity contribution is 14.1. The molecule has 9 heavy (non-hydrogen) atoms. The van der Waals surface area contributed by atoms with Crippen LogP contribution in [0.15, 0.2) is 11.5 Å². The molecular weight excluding hydrogens is 247 g/mol. The molecule has 0 amide bonds. The van der Waals surface area contributed by atoms with Crippen molar-refractivity contribution in [1.82, 2.24) is 0 Å². The average Bonchev–Trinajstić information content (AvgIpc) is 1.60. The fourth-order valence-corrected chi connectivity index (χ4v) is 2.44. The summed E-state index contributed by atoms with van der Waals surface area (Å²) >= 11 is 3.84. The van der Waals surface area contributed by atoms with Crippen molar-refractivity contribution < 1.29 is 0 Å². The van der Waals surface area contributed by atoms with Crippen LogP contribution in [0.3, 0.4) is 0 Å². The van der Waals surface area contributed by atoms with Crippen LogP contribution in [-0.2, 0) is 0 Å². The zero-order valence-electron chi connectivity index (χ0n) is 4.88. The number of hydrogen-bond donors (Lipinski definition) is 2. The molecular formula is C5H9IN2S. The van der Waals surface area contributed by atoms with Gasteiger partial charge in [-0.3, -0.25) is 0 Å². The van der Waals surface area contributed by atoms with E-state index in [2.05, 4.69) is 22.6 Å². The molecule has 0 bridgehead atoms. The van der Waals surface area contributed by atoms with Gasteiger partial charge in [0, 0.05) is 12.5 Å². The van der Waals surface area contributed by atoms with Gasteiger partial charge in [0.25, 0.3) is 0 Å². The summed E-state index contributed by atoms with van der Waals surface area (Å²) in [5.74, 6) is 0. The van der Waals surface area contributed by atoms with Crippen molar-refractivity contribution in [2.24, 2.45) is 11.5 Å². The van der Waals surface area contributed by atoms with Crippen LogP contribution in [0.4, 0.5) is 0 Å². The van der Waals surface area contributed by atoms with Crippen molar-refractivity contribution >= 4 is 34.4 Å². The Labute approximate surface area is 72.6 Å². The molecule has 1 rings (SSSR count). The van der Waals surface area contributed by atoms with E-state index in [1.54, 1.807) is 11.8 Å². The molecule has 0 fully saturated rings. The van der Waals surface area contributed by atoms with Gasteiger partial charge in [-0.05, 0) is 28.0 Å². The molecule has 52 valence electrons. The maximum atomic E-state index is 5.79. The van der Waals surface area contributed by atoms with Gasteiger partial charge in [0.05, 0.1) is 0 Å². The minimum atomic E-state index is -0.175. The molecule has 4 heteroatoms. The van der Waals surface area contributed by atoms with E-state index in [1.165, 1.54) is 0 Å². The third-order valence-corrected chi connectivity index (χ3v) is 3.16. The molecule has 2 atom stereocenters. The van der Waals surface area contributed by atoms with E-state index in [0.29, 0.717) is 0 Å². The second kappa shape index (κ2) is 2.77. The smallest absolute Gasteiger partial charge is 0.120 e. The third kappa shape index (κ3) is 2.45. The summed E-state index contributed by atoms with van der Waals surface area (Å²) in [4.78, 5) is 0. The molecule has 4 N–H and O–H groups in total. The summed E-state index contributed by atoms with van der Waals surface area (Å²) in [6.45, 7) is 0. The molecule has 0 spiro atoms. The normalized spacial score (nSPS) is 43.2. The highest BCUT2D eigenvalue weighted by Gasteiger charge is 2.25. The average molecular weight is 256 g/mol. The summed E-state index contributed by atoms with van der Waals surface area (Å²) in [6, 6.07) is 0.146. The lowest BCUT2D eigenvalue weighted by Gasteiger charge is -2.26. The molecule has 0 radical (unpaired) electrons. The van der Waals surface area contributed by atoms with E-state index in [1.807, 2.05) is 11.5 Å². The summed E-state index contributed by atoms with van der Waals surface area (Å²) < 4.78 is -0.175. The number of hydrogen-bond acceptors (Lipinski definition) is 3. The third-order valence-electron chi connectivity index (χ3n) is 1.10. The maximum absolute atomic E-state index is 5.79. The molecule has 1 aliphatic heterocycles. The van der Waals surface area contributed by atoms with E-state index in [0.717, 1.165) is 6.42 Å². The Hall–Kier alpha value is 0.740. The lowest BCUT2D eigenvalue weighted by Crippen LogP contribution is -2.37. The monoisotopic (exact) mass is 256 g/mol. The fourth-order valence-electron chi connectivity index (χ4n) is 0.691. The summed E-state index contributed by atoms with van der Waals surface area (Å²) in [5, 5.41) is 1.97. The summed E-state index contributed by atoms with van der Waals surface area (Å²) in [7, 11) is 0. The first-order chi connectivity index (χ1) is 4.10. The minimum absolute atomic E-state index is 0.146. The molecule has 0 aliphatic carbocycles. The number of thioether (sulfide) groups is 1. The highest BCUT2D eigenvalue weighted by Crippen LogP contribution is 2.35. The van der Waals surface area contributed by atoms with Crippen LogP contribution < -0.4 is 11.5 Å². The van der Waals surface area contributed by atoms with Crippen LogP contribution in [0.25, 0.3) is 0 Å². The van der Waals surface area contributed by atoms with Gasteiger partial charge in [-0.25, -0.2) is 0 Å². The Balaban J connectivity index is 2.58. The molecule has 0 aromatic rings. The first-order valence-electron chi connectivity index (χ1n) is 2.68. The van der Waals surface area contributed by atoms with E-state index >= 15 is 0 Å². The molecule has 0 aromatic heterocycles. The van der Waals surface area contributed by atoms with Crippen molar-refractivity contribution in [2.45, 2.75) is 15.3 Å². The van der Waals surface area contributed by atoms with Gasteiger partial charge >= 0.3 is 0 Å². The Bertz CT molecular complexity index is 135. The summed E-state index contributed by atoms with van der Waals surface area (Å²) in [6.07, 6.45) is 2.84. The number of alkyl halides is 1. The summed E-state index contributed by atoms with van der Waals surface area (Å²) in [5.41, 5.74) is 11.4. The van der Waals surface area contributed by atoms with Gasteiger partial charge in [0.1, 0.15) is 2.88 Å². The largest absolute Gasteiger partial charge is 0.324 e. The van der Waals surface area contributed by atoms with Gasteiger partial charge in [-0.2, -0.15) is 0 Å². The van der Waals surface area contributed by atoms with Crippen LogP contribution in [0.5, 0.6) is 0 Å². The Kier molecular flexibility index (Phi) is 2.42. The molecule has 0 aromatic carbocycles. The highest BCUT2D eigenvalue weighted by atomic mass is 127. The van der Waals surface area contributed by atoms with Crippen molar-refractivity contribution in [3.8, 4) is 0 Å². The maximum Gasteiger partial charge on any atom is 0.120 e. The Morgan fingerprint density at radius 3 is 2.78 bits per heavy atom. The first kappa shape index (κ1) is 7.84. The quantitative estimate of drug-likeness (QED) is 0.386. The fraction of sp³-hybridized carbons (Fsp3) is 0.600. The van der Waals surface area contributed by atoms with E-state index in [9.17, 15) is 0 Å². The van der Waals surface area contributed by atoms with Crippen molar-refractivity contribution in [2.75, 3.05) is 0 Å². The van der Waals surface area contributed by atoms with Gasteiger partial charge in [-0.15, -0.1) is 11.8 Å². The SMILES string of the molecule is NC1C=CSC(N)(I)C1. The van der Waals surface area contributed by atoms with E-state index < -0.39 is 0 Å². The van der Waals surface area contributed by atoms with Crippen LogP contribution >= 0.6 is 34.4 Å². The van der Waals surface area contributed by atoms with Gasteiger partial charge in [-0.1, -0.05) is 6.08 Å². The van der Waals surface area contributed by atoms with Crippen molar-refractivity contribution in [3.63, 3.8) is 0 Å². The van der Waals surface area contributed by atoms with Crippen LogP contribution in [-0.4, -0.2) is 8.92 Å². The lowest BCUT2D eigenvalue weighted by molar-refractivity contribution is 0.681. The Morgan fingerprint density at radius 1 is 1.78 bits per heavy atom. The number of rotatable bonds is 0. The lowest BCUT2D eigenvalue weighted by atomic mass is 10.2. The van der Waals surface area contributed by atoms with Crippen LogP contribution in [0, 0.1) is 0 Å². The van der Waals surface area contributed by atoms with Gasteiger partial charge in [0.15, 0.2) is 0 Å². The second-order valence-electron chi connectivity index (χ2n) is 2.10. The predicted octanol–water partition coefficient (Wildman–Crippen LogP) is 1.01. The number of halogens is 1. The molecule has 0 saturated carbocycles. The van der Waals surface area contributed by atoms with Gasteiger partial charge < -0.3 is 11.5 Å². The molecule has 1 heterocycles.